The monoisotopic (exact) mass is 651 g/mol. The SMILES string of the molecule is N#Cc1ccc(-c2ccc(-c3nc(-c4ccccc4)c(-c4ccccc4)nc3-c3ccc(-c4ccccc4)c4c3oc3ccccc34)cc2)cc1. The van der Waals surface area contributed by atoms with Crippen LogP contribution in [0.2, 0.25) is 0 Å². The lowest BCUT2D eigenvalue weighted by atomic mass is 9.93. The van der Waals surface area contributed by atoms with E-state index in [4.69, 9.17) is 14.4 Å². The predicted octanol–water partition coefficient (Wildman–Crippen LogP) is 12.2. The molecule has 0 spiro atoms. The molecule has 51 heavy (non-hydrogen) atoms. The van der Waals surface area contributed by atoms with Crippen LogP contribution < -0.4 is 0 Å². The molecule has 0 atom stereocenters. The molecule has 9 rings (SSSR count). The number of fused-ring (bicyclic) bond motifs is 3. The highest BCUT2D eigenvalue weighted by Gasteiger charge is 2.24. The lowest BCUT2D eigenvalue weighted by molar-refractivity contribution is 0.670. The van der Waals surface area contributed by atoms with Crippen molar-refractivity contribution in [3.05, 3.63) is 181 Å². The Morgan fingerprint density at radius 3 is 1.45 bits per heavy atom. The van der Waals surface area contributed by atoms with Crippen LogP contribution in [0.15, 0.2) is 180 Å². The average Bonchev–Trinajstić information content (AvgIpc) is 3.61. The fourth-order valence-electron chi connectivity index (χ4n) is 6.85. The van der Waals surface area contributed by atoms with Crippen LogP contribution in [0.1, 0.15) is 5.56 Å². The highest BCUT2D eigenvalue weighted by atomic mass is 16.3. The second-order valence-corrected chi connectivity index (χ2v) is 12.4. The maximum Gasteiger partial charge on any atom is 0.145 e. The van der Waals surface area contributed by atoms with Crippen molar-refractivity contribution < 1.29 is 4.42 Å². The number of aromatic nitrogens is 2. The second-order valence-electron chi connectivity index (χ2n) is 12.4. The van der Waals surface area contributed by atoms with Gasteiger partial charge in [0.15, 0.2) is 0 Å². The lowest BCUT2D eigenvalue weighted by Gasteiger charge is -2.17. The Balaban J connectivity index is 1.33. The molecule has 0 fully saturated rings. The molecule has 0 saturated heterocycles. The average molecular weight is 652 g/mol. The van der Waals surface area contributed by atoms with Gasteiger partial charge in [-0.05, 0) is 46.5 Å². The number of nitriles is 1. The van der Waals surface area contributed by atoms with Crippen LogP contribution in [-0.4, -0.2) is 9.97 Å². The number of hydrogen-bond donors (Lipinski definition) is 0. The number of benzene rings is 7. The van der Waals surface area contributed by atoms with Crippen molar-refractivity contribution in [1.82, 2.24) is 9.97 Å². The van der Waals surface area contributed by atoms with E-state index in [1.807, 2.05) is 78.9 Å². The fourth-order valence-corrected chi connectivity index (χ4v) is 6.85. The molecule has 4 heteroatoms. The zero-order valence-electron chi connectivity index (χ0n) is 27.5. The van der Waals surface area contributed by atoms with Crippen molar-refractivity contribution in [3.8, 4) is 73.4 Å². The van der Waals surface area contributed by atoms with Crippen LogP contribution in [0.25, 0.3) is 89.2 Å². The van der Waals surface area contributed by atoms with E-state index in [-0.39, 0.29) is 0 Å². The molecule has 0 unspecified atom stereocenters. The predicted molar refractivity (Wildman–Crippen MR) is 207 cm³/mol. The summed E-state index contributed by atoms with van der Waals surface area (Å²) in [4.78, 5) is 11.0. The van der Waals surface area contributed by atoms with Crippen LogP contribution >= 0.6 is 0 Å². The van der Waals surface area contributed by atoms with Gasteiger partial charge < -0.3 is 4.42 Å². The number of para-hydroxylation sites is 1. The Kier molecular flexibility index (Phi) is 7.50. The van der Waals surface area contributed by atoms with Gasteiger partial charge in [0.2, 0.25) is 0 Å². The van der Waals surface area contributed by atoms with Gasteiger partial charge >= 0.3 is 0 Å². The van der Waals surface area contributed by atoms with Crippen molar-refractivity contribution in [2.24, 2.45) is 0 Å². The molecule has 238 valence electrons. The van der Waals surface area contributed by atoms with Crippen LogP contribution in [0.3, 0.4) is 0 Å². The highest BCUT2D eigenvalue weighted by molar-refractivity contribution is 6.16. The summed E-state index contributed by atoms with van der Waals surface area (Å²) in [5.74, 6) is 0. The van der Waals surface area contributed by atoms with Gasteiger partial charge in [0.25, 0.3) is 0 Å². The van der Waals surface area contributed by atoms with Gasteiger partial charge in [0.1, 0.15) is 16.9 Å². The molecule has 0 amide bonds. The maximum absolute atomic E-state index is 9.29. The Labute approximate surface area is 295 Å². The van der Waals surface area contributed by atoms with Gasteiger partial charge in [0, 0.05) is 33.0 Å². The molecule has 2 aromatic heterocycles. The summed E-state index contributed by atoms with van der Waals surface area (Å²) in [5, 5.41) is 11.4. The summed E-state index contributed by atoms with van der Waals surface area (Å²) in [6.07, 6.45) is 0. The Hall–Kier alpha value is -7.09. The lowest BCUT2D eigenvalue weighted by Crippen LogP contribution is -2.01. The van der Waals surface area contributed by atoms with Crippen molar-refractivity contribution in [2.75, 3.05) is 0 Å². The van der Waals surface area contributed by atoms with E-state index in [1.165, 1.54) is 0 Å². The minimum Gasteiger partial charge on any atom is -0.455 e. The van der Waals surface area contributed by atoms with Gasteiger partial charge in [0.05, 0.1) is 28.7 Å². The summed E-state index contributed by atoms with van der Waals surface area (Å²) in [5.41, 5.74) is 13.4. The molecular weight excluding hydrogens is 623 g/mol. The van der Waals surface area contributed by atoms with Gasteiger partial charge in [-0.25, -0.2) is 9.97 Å². The summed E-state index contributed by atoms with van der Waals surface area (Å²) < 4.78 is 6.76. The molecular formula is C47H29N3O. The Morgan fingerprint density at radius 2 is 0.843 bits per heavy atom. The van der Waals surface area contributed by atoms with E-state index in [2.05, 4.69) is 103 Å². The number of furan rings is 1. The zero-order valence-corrected chi connectivity index (χ0v) is 27.5. The largest absolute Gasteiger partial charge is 0.455 e. The first-order valence-electron chi connectivity index (χ1n) is 16.9. The van der Waals surface area contributed by atoms with Gasteiger partial charge in [-0.15, -0.1) is 0 Å². The summed E-state index contributed by atoms with van der Waals surface area (Å²) in [7, 11) is 0. The molecule has 4 nitrogen and oxygen atoms in total. The van der Waals surface area contributed by atoms with E-state index in [1.54, 1.807) is 0 Å². The topological polar surface area (TPSA) is 62.7 Å². The molecule has 0 saturated carbocycles. The van der Waals surface area contributed by atoms with Gasteiger partial charge in [-0.2, -0.15) is 5.26 Å². The van der Waals surface area contributed by atoms with E-state index in [0.29, 0.717) is 5.56 Å². The molecule has 0 radical (unpaired) electrons. The zero-order chi connectivity index (χ0) is 34.1. The van der Waals surface area contributed by atoms with Gasteiger partial charge in [-0.1, -0.05) is 152 Å². The van der Waals surface area contributed by atoms with Crippen LogP contribution in [-0.2, 0) is 0 Å². The summed E-state index contributed by atoms with van der Waals surface area (Å²) in [6, 6.07) is 61.7. The number of hydrogen-bond acceptors (Lipinski definition) is 4. The van der Waals surface area contributed by atoms with Crippen LogP contribution in [0.5, 0.6) is 0 Å². The Bertz CT molecular complexity index is 2710. The molecule has 0 bridgehead atoms. The van der Waals surface area contributed by atoms with E-state index in [9.17, 15) is 5.26 Å². The highest BCUT2D eigenvalue weighted by Crippen LogP contribution is 2.45. The van der Waals surface area contributed by atoms with E-state index in [0.717, 1.165) is 89.2 Å². The molecule has 0 aliphatic carbocycles. The molecule has 7 aromatic carbocycles. The maximum atomic E-state index is 9.29. The van der Waals surface area contributed by atoms with Crippen molar-refractivity contribution >= 4 is 21.9 Å². The third-order valence-corrected chi connectivity index (χ3v) is 9.36. The molecule has 0 aliphatic rings. The molecule has 2 heterocycles. The normalized spacial score (nSPS) is 11.1. The summed E-state index contributed by atoms with van der Waals surface area (Å²) >= 11 is 0. The van der Waals surface area contributed by atoms with Crippen molar-refractivity contribution in [1.29, 1.82) is 5.26 Å². The molecule has 0 N–H and O–H groups in total. The molecule has 0 aliphatic heterocycles. The molecule has 9 aromatic rings. The third kappa shape index (κ3) is 5.44. The van der Waals surface area contributed by atoms with E-state index < -0.39 is 0 Å². The second kappa shape index (κ2) is 12.7. The summed E-state index contributed by atoms with van der Waals surface area (Å²) in [6.45, 7) is 0. The van der Waals surface area contributed by atoms with Crippen LogP contribution in [0, 0.1) is 11.3 Å². The first-order chi connectivity index (χ1) is 25.2. The van der Waals surface area contributed by atoms with Crippen LogP contribution in [0.4, 0.5) is 0 Å². The fraction of sp³-hybridized carbons (Fsp3) is 0. The standard InChI is InChI=1S/C47H29N3O/c48-30-31-20-22-32(23-21-31)33-24-26-37(27-25-33)45-46(50-44(36-16-8-3-9-17-36)43(49-45)35-14-6-2-7-15-35)40-29-28-38(34-12-4-1-5-13-34)42-39-18-10-11-19-41(39)51-47(40)42/h1-29H. The van der Waals surface area contributed by atoms with Gasteiger partial charge in [-0.3, -0.25) is 0 Å². The first-order valence-corrected chi connectivity index (χ1v) is 16.9. The first kappa shape index (κ1) is 30.0. The minimum absolute atomic E-state index is 0.636. The smallest absolute Gasteiger partial charge is 0.145 e. The van der Waals surface area contributed by atoms with Crippen molar-refractivity contribution in [2.45, 2.75) is 0 Å². The number of rotatable bonds is 6. The van der Waals surface area contributed by atoms with E-state index >= 15 is 0 Å². The van der Waals surface area contributed by atoms with Crippen molar-refractivity contribution in [3.63, 3.8) is 0 Å². The Morgan fingerprint density at radius 1 is 0.392 bits per heavy atom. The quantitative estimate of drug-likeness (QED) is 0.179. The number of nitrogens with zero attached hydrogens (tertiary/aromatic N) is 3. The third-order valence-electron chi connectivity index (χ3n) is 9.36. The minimum atomic E-state index is 0.636.